The van der Waals surface area contributed by atoms with Crippen molar-refractivity contribution in [1.82, 2.24) is 5.32 Å². The molecule has 3 aromatic carbocycles. The van der Waals surface area contributed by atoms with E-state index < -0.39 is 12.2 Å². The molecule has 0 fully saturated rings. The van der Waals surface area contributed by atoms with Gasteiger partial charge >= 0.3 is 6.09 Å². The molecule has 0 spiro atoms. The van der Waals surface area contributed by atoms with Crippen LogP contribution in [-0.2, 0) is 22.6 Å². The zero-order valence-corrected chi connectivity index (χ0v) is 21.6. The Bertz CT molecular complexity index is 1200. The van der Waals surface area contributed by atoms with Crippen molar-refractivity contribution in [2.75, 3.05) is 18.1 Å². The molecule has 0 radical (unpaired) electrons. The number of nitrogens with zero attached hydrogens (tertiary/aromatic N) is 1. The van der Waals surface area contributed by atoms with E-state index in [2.05, 4.69) is 5.32 Å². The van der Waals surface area contributed by atoms with Crippen LogP contribution < -0.4 is 19.7 Å². The Hall–Kier alpha value is -3.71. The summed E-state index contributed by atoms with van der Waals surface area (Å²) in [6.07, 6.45) is 1.13. The second-order valence-corrected chi connectivity index (χ2v) is 9.12. The van der Waals surface area contributed by atoms with Crippen molar-refractivity contribution in [1.29, 1.82) is 0 Å². The summed E-state index contributed by atoms with van der Waals surface area (Å²) in [5.41, 5.74) is 2.52. The van der Waals surface area contributed by atoms with Crippen LogP contribution in [0.5, 0.6) is 11.5 Å². The van der Waals surface area contributed by atoms with Gasteiger partial charge in [0, 0.05) is 18.0 Å². The Kier molecular flexibility index (Phi) is 9.27. The lowest BCUT2D eigenvalue weighted by molar-refractivity contribution is -0.127. The van der Waals surface area contributed by atoms with E-state index in [-0.39, 0.29) is 5.91 Å². The molecule has 0 saturated carbocycles. The zero-order chi connectivity index (χ0) is 26.0. The molecule has 0 saturated heterocycles. The smallest absolute Gasteiger partial charge is 0.407 e. The molecule has 7 nitrogen and oxygen atoms in total. The number of fused-ring (bicyclic) bond motifs is 1. The van der Waals surface area contributed by atoms with Gasteiger partial charge in [-0.25, -0.2) is 4.79 Å². The molecule has 4 rings (SSSR count). The molecule has 1 atom stereocenters. The van der Waals surface area contributed by atoms with Gasteiger partial charge in [-0.1, -0.05) is 67.4 Å². The van der Waals surface area contributed by atoms with E-state index >= 15 is 0 Å². The number of nitrogens with one attached hydrogen (secondary N) is 1. The largest absolute Gasteiger partial charge is 0.493 e. The third-order valence-corrected chi connectivity index (χ3v) is 6.36. The maximum Gasteiger partial charge on any atom is 0.407 e. The van der Waals surface area contributed by atoms with Crippen LogP contribution in [0, 0.1) is 0 Å². The predicted octanol–water partition coefficient (Wildman–Crippen LogP) is 6.13. The Balaban J connectivity index is 1.31. The van der Waals surface area contributed by atoms with Crippen molar-refractivity contribution in [2.24, 2.45) is 0 Å². The molecule has 0 aromatic heterocycles. The SMILES string of the molecule is CCCCOC(=O)NCc1ccc(OCCC2Oc3ccccc3N(Cc3ccccc3Cl)C2=O)cc1. The minimum Gasteiger partial charge on any atom is -0.493 e. The lowest BCUT2D eigenvalue weighted by atomic mass is 10.1. The molecule has 2 amide bonds. The van der Waals surface area contributed by atoms with Crippen LogP contribution in [0.3, 0.4) is 0 Å². The number of amides is 2. The number of benzene rings is 3. The number of carbonyl (C=O) groups excluding carboxylic acids is 2. The Morgan fingerprint density at radius 3 is 2.57 bits per heavy atom. The van der Waals surface area contributed by atoms with E-state index in [0.717, 1.165) is 29.7 Å². The number of rotatable bonds is 11. The first kappa shape index (κ1) is 26.4. The fourth-order valence-electron chi connectivity index (χ4n) is 3.94. The monoisotopic (exact) mass is 522 g/mol. The number of unbranched alkanes of at least 4 members (excludes halogenated alkanes) is 1. The van der Waals surface area contributed by atoms with Crippen LogP contribution in [0.4, 0.5) is 10.5 Å². The number of hydrogen-bond donors (Lipinski definition) is 1. The van der Waals surface area contributed by atoms with E-state index in [0.29, 0.717) is 49.2 Å². The number of alkyl carbamates (subject to hydrolysis) is 1. The molecule has 1 aliphatic rings. The maximum absolute atomic E-state index is 13.4. The Morgan fingerprint density at radius 1 is 1.03 bits per heavy atom. The molecule has 37 heavy (non-hydrogen) atoms. The normalized spacial score (nSPS) is 14.5. The molecule has 194 valence electrons. The van der Waals surface area contributed by atoms with Gasteiger partial charge in [0.1, 0.15) is 11.5 Å². The highest BCUT2D eigenvalue weighted by Crippen LogP contribution is 2.36. The molecular weight excluding hydrogens is 492 g/mol. The van der Waals surface area contributed by atoms with Gasteiger partial charge < -0.3 is 24.4 Å². The molecule has 3 aromatic rings. The number of halogens is 1. The number of anilines is 1. The summed E-state index contributed by atoms with van der Waals surface area (Å²) in [4.78, 5) is 26.8. The molecule has 1 heterocycles. The average molecular weight is 523 g/mol. The molecule has 8 heteroatoms. The third-order valence-electron chi connectivity index (χ3n) is 5.99. The molecule has 1 unspecified atom stereocenters. The highest BCUT2D eigenvalue weighted by Gasteiger charge is 2.34. The summed E-state index contributed by atoms with van der Waals surface area (Å²) < 4.78 is 17.0. The van der Waals surface area contributed by atoms with Crippen molar-refractivity contribution >= 4 is 29.3 Å². The lowest BCUT2D eigenvalue weighted by Crippen LogP contribution is -2.46. The van der Waals surface area contributed by atoms with E-state index in [9.17, 15) is 9.59 Å². The van der Waals surface area contributed by atoms with Gasteiger partial charge in [0.05, 0.1) is 25.4 Å². The van der Waals surface area contributed by atoms with Gasteiger partial charge in [-0.3, -0.25) is 4.79 Å². The standard InChI is InChI=1S/C29H31ClN2O5/c1-2-3-17-36-29(34)31-19-21-12-14-23(15-13-21)35-18-16-27-28(33)32(20-22-8-4-5-9-24(22)30)25-10-6-7-11-26(25)37-27/h4-15,27H,2-3,16-20H2,1H3,(H,31,34). The van der Waals surface area contributed by atoms with Crippen molar-refractivity contribution < 1.29 is 23.8 Å². The number of ether oxygens (including phenoxy) is 3. The van der Waals surface area contributed by atoms with Crippen molar-refractivity contribution in [3.8, 4) is 11.5 Å². The van der Waals surface area contributed by atoms with E-state index in [4.69, 9.17) is 25.8 Å². The summed E-state index contributed by atoms with van der Waals surface area (Å²) >= 11 is 6.36. The Morgan fingerprint density at radius 2 is 1.78 bits per heavy atom. The van der Waals surface area contributed by atoms with Gasteiger partial charge in [0.2, 0.25) is 0 Å². The van der Waals surface area contributed by atoms with Gasteiger partial charge in [-0.05, 0) is 47.9 Å². The zero-order valence-electron chi connectivity index (χ0n) is 20.8. The fourth-order valence-corrected chi connectivity index (χ4v) is 4.14. The summed E-state index contributed by atoms with van der Waals surface area (Å²) in [6.45, 7) is 3.50. The second kappa shape index (κ2) is 13.0. The summed E-state index contributed by atoms with van der Waals surface area (Å²) in [6, 6.07) is 22.4. The van der Waals surface area contributed by atoms with Crippen molar-refractivity contribution in [3.05, 3.63) is 88.9 Å². The minimum absolute atomic E-state index is 0.130. The van der Waals surface area contributed by atoms with E-state index in [1.807, 2.05) is 79.7 Å². The number of para-hydroxylation sites is 2. The summed E-state index contributed by atoms with van der Waals surface area (Å²) in [7, 11) is 0. The minimum atomic E-state index is -0.667. The summed E-state index contributed by atoms with van der Waals surface area (Å²) in [5.74, 6) is 1.20. The molecular formula is C29H31ClN2O5. The highest BCUT2D eigenvalue weighted by atomic mass is 35.5. The van der Waals surface area contributed by atoms with Crippen molar-refractivity contribution in [2.45, 2.75) is 45.4 Å². The summed E-state index contributed by atoms with van der Waals surface area (Å²) in [5, 5.41) is 3.35. The predicted molar refractivity (Wildman–Crippen MR) is 143 cm³/mol. The van der Waals surface area contributed by atoms with Crippen LogP contribution in [0.25, 0.3) is 0 Å². The van der Waals surface area contributed by atoms with Crippen LogP contribution in [0.15, 0.2) is 72.8 Å². The van der Waals surface area contributed by atoms with Gasteiger partial charge in [0.15, 0.2) is 6.10 Å². The number of hydrogen-bond acceptors (Lipinski definition) is 5. The van der Waals surface area contributed by atoms with E-state index in [1.54, 1.807) is 4.90 Å². The van der Waals surface area contributed by atoms with Crippen LogP contribution in [0.2, 0.25) is 5.02 Å². The molecule has 1 aliphatic heterocycles. The molecule has 0 bridgehead atoms. The maximum atomic E-state index is 13.4. The van der Waals surface area contributed by atoms with Crippen molar-refractivity contribution in [3.63, 3.8) is 0 Å². The first-order valence-corrected chi connectivity index (χ1v) is 12.9. The first-order chi connectivity index (χ1) is 18.0. The van der Waals surface area contributed by atoms with Gasteiger partial charge in [-0.2, -0.15) is 0 Å². The van der Waals surface area contributed by atoms with Crippen LogP contribution in [-0.4, -0.2) is 31.3 Å². The topological polar surface area (TPSA) is 77.1 Å². The first-order valence-electron chi connectivity index (χ1n) is 12.5. The Labute approximate surface area is 222 Å². The third kappa shape index (κ3) is 7.17. The lowest BCUT2D eigenvalue weighted by Gasteiger charge is -2.34. The molecule has 0 aliphatic carbocycles. The van der Waals surface area contributed by atoms with Gasteiger partial charge in [-0.15, -0.1) is 0 Å². The average Bonchev–Trinajstić information content (AvgIpc) is 2.91. The second-order valence-electron chi connectivity index (χ2n) is 8.71. The molecule has 1 N–H and O–H groups in total. The fraction of sp³-hybridized carbons (Fsp3) is 0.310. The van der Waals surface area contributed by atoms with Gasteiger partial charge in [0.25, 0.3) is 5.91 Å². The number of carbonyl (C=O) groups is 2. The highest BCUT2D eigenvalue weighted by molar-refractivity contribution is 6.31. The van der Waals surface area contributed by atoms with Crippen LogP contribution in [0.1, 0.15) is 37.3 Å². The quantitative estimate of drug-likeness (QED) is 0.306. The van der Waals surface area contributed by atoms with E-state index in [1.165, 1.54) is 0 Å². The van der Waals surface area contributed by atoms with Crippen LogP contribution >= 0.6 is 11.6 Å².